The number of nitrogens with zero attached hydrogens (tertiary/aromatic N) is 9. The van der Waals surface area contributed by atoms with Crippen LogP contribution in [0.1, 0.15) is 12.5 Å². The van der Waals surface area contributed by atoms with Gasteiger partial charge in [-0.3, -0.25) is 4.79 Å². The molecule has 39 heavy (non-hydrogen) atoms. The molecule has 0 radical (unpaired) electrons. The van der Waals surface area contributed by atoms with Gasteiger partial charge in [0, 0.05) is 43.6 Å². The second-order valence-corrected chi connectivity index (χ2v) is 9.29. The highest BCUT2D eigenvalue weighted by atomic mass is 16.5. The summed E-state index contributed by atoms with van der Waals surface area (Å²) in [4.78, 5) is 38.3. The Morgan fingerprint density at radius 1 is 1.13 bits per heavy atom. The first-order chi connectivity index (χ1) is 19.0. The first-order valence-corrected chi connectivity index (χ1v) is 12.5. The van der Waals surface area contributed by atoms with E-state index in [2.05, 4.69) is 41.8 Å². The molecule has 12 nitrogen and oxygen atoms in total. The highest BCUT2D eigenvalue weighted by Gasteiger charge is 2.27. The number of aromatic nitrogens is 7. The zero-order valence-corrected chi connectivity index (χ0v) is 21.5. The van der Waals surface area contributed by atoms with Gasteiger partial charge < -0.3 is 19.9 Å². The summed E-state index contributed by atoms with van der Waals surface area (Å²) >= 11 is 0. The second-order valence-electron chi connectivity index (χ2n) is 9.29. The third kappa shape index (κ3) is 4.79. The second kappa shape index (κ2) is 9.97. The summed E-state index contributed by atoms with van der Waals surface area (Å²) in [5, 5.41) is 7.47. The lowest BCUT2D eigenvalue weighted by atomic mass is 10.2. The number of pyridine rings is 1. The van der Waals surface area contributed by atoms with Gasteiger partial charge in [0.25, 0.3) is 0 Å². The van der Waals surface area contributed by atoms with Crippen molar-refractivity contribution in [2.45, 2.75) is 19.9 Å². The van der Waals surface area contributed by atoms with Gasteiger partial charge in [-0.15, -0.1) is 0 Å². The summed E-state index contributed by atoms with van der Waals surface area (Å²) < 4.78 is 7.77. The molecule has 1 N–H and O–H groups in total. The fourth-order valence-electron chi connectivity index (χ4n) is 4.64. The molecule has 1 aromatic carbocycles. The number of fused-ring (bicyclic) bond motifs is 2. The van der Waals surface area contributed by atoms with Crippen molar-refractivity contribution in [1.82, 2.24) is 39.4 Å². The van der Waals surface area contributed by atoms with Crippen LogP contribution in [0.5, 0.6) is 11.5 Å². The van der Waals surface area contributed by atoms with Gasteiger partial charge in [-0.25, -0.2) is 29.4 Å². The van der Waals surface area contributed by atoms with Crippen LogP contribution < -0.4 is 15.0 Å². The molecular weight excluding hydrogens is 496 g/mol. The first-order valence-electron chi connectivity index (χ1n) is 12.5. The van der Waals surface area contributed by atoms with E-state index in [9.17, 15) is 4.79 Å². The lowest BCUT2D eigenvalue weighted by Gasteiger charge is -2.39. The van der Waals surface area contributed by atoms with E-state index in [4.69, 9.17) is 9.72 Å². The average molecular weight is 523 g/mol. The molecule has 12 heteroatoms. The average Bonchev–Trinajstić information content (AvgIpc) is 3.42. The van der Waals surface area contributed by atoms with Gasteiger partial charge in [0.1, 0.15) is 35.2 Å². The van der Waals surface area contributed by atoms with Gasteiger partial charge in [-0.05, 0) is 49.8 Å². The minimum atomic E-state index is -0.0652. The Labute approximate surface area is 224 Å². The maximum atomic E-state index is 12.1. The molecule has 1 fully saturated rings. The number of piperazine rings is 1. The molecule has 0 saturated carbocycles. The molecule has 4 aromatic heterocycles. The number of benzene rings is 1. The number of aryl methyl sites for hydroxylation is 1. The van der Waals surface area contributed by atoms with Crippen LogP contribution >= 0.6 is 0 Å². The fraction of sp³-hybridized carbons (Fsp3) is 0.222. The highest BCUT2D eigenvalue weighted by Crippen LogP contribution is 2.30. The molecule has 0 spiro atoms. The van der Waals surface area contributed by atoms with Crippen molar-refractivity contribution < 1.29 is 9.53 Å². The quantitative estimate of drug-likeness (QED) is 0.331. The van der Waals surface area contributed by atoms with E-state index in [0.29, 0.717) is 53.8 Å². The molecule has 1 unspecified atom stereocenters. The number of nitrogens with one attached hydrogen (secondary N) is 1. The molecule has 1 saturated heterocycles. The normalized spacial score (nSPS) is 15.5. The molecule has 5 heterocycles. The van der Waals surface area contributed by atoms with E-state index in [1.165, 1.54) is 18.7 Å². The van der Waals surface area contributed by atoms with Crippen LogP contribution in [0, 0.1) is 6.92 Å². The summed E-state index contributed by atoms with van der Waals surface area (Å²) in [6.07, 6.45) is 7.85. The van der Waals surface area contributed by atoms with Crippen LogP contribution in [0.25, 0.3) is 16.7 Å². The molecule has 1 aliphatic heterocycles. The number of ether oxygens (including phenoxy) is 1. The number of hydrogen-bond acceptors (Lipinski definition) is 10. The zero-order valence-electron chi connectivity index (χ0n) is 21.5. The molecular formula is C27H26N10O2. The summed E-state index contributed by atoms with van der Waals surface area (Å²) in [5.41, 5.74) is 3.72. The van der Waals surface area contributed by atoms with Crippen molar-refractivity contribution in [2.24, 2.45) is 0 Å². The number of carbonyl (C=O) groups excluding carboxylic acids is 1. The molecule has 6 rings (SSSR count). The van der Waals surface area contributed by atoms with Gasteiger partial charge in [-0.1, -0.05) is 6.58 Å². The van der Waals surface area contributed by atoms with Crippen LogP contribution in [0.2, 0.25) is 0 Å². The van der Waals surface area contributed by atoms with E-state index in [1.54, 1.807) is 16.9 Å². The van der Waals surface area contributed by atoms with Gasteiger partial charge in [0.15, 0.2) is 11.5 Å². The minimum absolute atomic E-state index is 0.00941. The van der Waals surface area contributed by atoms with Crippen molar-refractivity contribution in [3.8, 4) is 11.5 Å². The van der Waals surface area contributed by atoms with Gasteiger partial charge >= 0.3 is 0 Å². The van der Waals surface area contributed by atoms with Gasteiger partial charge in [0.05, 0.1) is 6.20 Å². The largest absolute Gasteiger partial charge is 0.457 e. The van der Waals surface area contributed by atoms with Crippen LogP contribution in [0.4, 0.5) is 17.5 Å². The van der Waals surface area contributed by atoms with E-state index in [-0.39, 0.29) is 11.9 Å². The third-order valence-corrected chi connectivity index (χ3v) is 6.65. The fourth-order valence-corrected chi connectivity index (χ4v) is 4.64. The Morgan fingerprint density at radius 2 is 2.03 bits per heavy atom. The van der Waals surface area contributed by atoms with Crippen LogP contribution in [-0.4, -0.2) is 71.0 Å². The van der Waals surface area contributed by atoms with Crippen molar-refractivity contribution >= 4 is 40.0 Å². The number of amides is 1. The number of carbonyl (C=O) groups is 1. The maximum Gasteiger partial charge on any atom is 0.246 e. The van der Waals surface area contributed by atoms with Gasteiger partial charge in [0.2, 0.25) is 11.9 Å². The SMILES string of the molecule is C=CC(=O)N1CCN(c2ncc3ncnc(Nc4ccc(Oc5ccn6ncnc6c5)c(C)c4)c3n2)CC1C. The monoisotopic (exact) mass is 522 g/mol. The Morgan fingerprint density at radius 3 is 2.85 bits per heavy atom. The van der Waals surface area contributed by atoms with Crippen molar-refractivity contribution in [1.29, 1.82) is 0 Å². The smallest absolute Gasteiger partial charge is 0.246 e. The molecule has 196 valence electrons. The Hall–Kier alpha value is -5.13. The number of rotatable bonds is 6. The van der Waals surface area contributed by atoms with E-state index in [1.807, 2.05) is 49.1 Å². The van der Waals surface area contributed by atoms with E-state index in [0.717, 1.165) is 17.0 Å². The lowest BCUT2D eigenvalue weighted by molar-refractivity contribution is -0.128. The standard InChI is InChI=1S/C27H26N10O2/c1-4-24(38)36-10-9-35(14-18(36)3)27-28-13-21-25(34-27)26(31-15-29-21)33-19-5-6-22(17(2)11-19)39-20-7-8-37-23(12-20)30-16-32-37/h4-8,11-13,15-16,18H,1,9-10,14H2,2-3H3,(H,29,31,33). The predicted molar refractivity (Wildman–Crippen MR) is 146 cm³/mol. The Kier molecular flexibility index (Phi) is 6.19. The summed E-state index contributed by atoms with van der Waals surface area (Å²) in [5.74, 6) is 2.48. The van der Waals surface area contributed by atoms with E-state index < -0.39 is 0 Å². The molecule has 1 amide bonds. The molecule has 1 atom stereocenters. The number of anilines is 3. The van der Waals surface area contributed by atoms with E-state index >= 15 is 0 Å². The van der Waals surface area contributed by atoms with Crippen molar-refractivity contribution in [3.05, 3.63) is 73.6 Å². The van der Waals surface area contributed by atoms with Crippen molar-refractivity contribution in [2.75, 3.05) is 29.9 Å². The molecule has 1 aliphatic rings. The third-order valence-electron chi connectivity index (χ3n) is 6.65. The summed E-state index contributed by atoms with van der Waals surface area (Å²) in [6.45, 7) is 9.40. The molecule has 5 aromatic rings. The molecule has 0 bridgehead atoms. The topological polar surface area (TPSA) is 127 Å². The highest BCUT2D eigenvalue weighted by molar-refractivity contribution is 5.88. The van der Waals surface area contributed by atoms with Crippen molar-refractivity contribution in [3.63, 3.8) is 0 Å². The van der Waals surface area contributed by atoms with Crippen LogP contribution in [0.15, 0.2) is 68.0 Å². The minimum Gasteiger partial charge on any atom is -0.457 e. The summed E-state index contributed by atoms with van der Waals surface area (Å²) in [7, 11) is 0. The Balaban J connectivity index is 1.22. The predicted octanol–water partition coefficient (Wildman–Crippen LogP) is 3.53. The zero-order chi connectivity index (χ0) is 26.9. The maximum absolute atomic E-state index is 12.1. The van der Waals surface area contributed by atoms with Crippen LogP contribution in [0.3, 0.4) is 0 Å². The van der Waals surface area contributed by atoms with Gasteiger partial charge in [-0.2, -0.15) is 5.10 Å². The lowest BCUT2D eigenvalue weighted by Crippen LogP contribution is -2.54. The first kappa shape index (κ1) is 24.2. The summed E-state index contributed by atoms with van der Waals surface area (Å²) in [6, 6.07) is 9.50. The Bertz CT molecular complexity index is 1700. The number of hydrogen-bond donors (Lipinski definition) is 1. The molecule has 0 aliphatic carbocycles. The van der Waals surface area contributed by atoms with Crippen LogP contribution in [-0.2, 0) is 4.79 Å².